The van der Waals surface area contributed by atoms with Gasteiger partial charge in [-0.05, 0) is 61.9 Å². The molecule has 7 nitrogen and oxygen atoms in total. The number of benzene rings is 2. The minimum atomic E-state index is -3.58. The summed E-state index contributed by atoms with van der Waals surface area (Å²) in [5.74, 6) is -0.238. The molecule has 1 amide bonds. The third-order valence-electron chi connectivity index (χ3n) is 5.70. The van der Waals surface area contributed by atoms with E-state index in [0.29, 0.717) is 12.2 Å². The monoisotopic (exact) mass is 458 g/mol. The quantitative estimate of drug-likeness (QED) is 0.565. The molecular formula is C24H34N4O3S. The number of nitrogens with one attached hydrogen (secondary N) is 2. The van der Waals surface area contributed by atoms with Gasteiger partial charge in [0.1, 0.15) is 0 Å². The molecule has 1 heterocycles. The van der Waals surface area contributed by atoms with Crippen LogP contribution in [0.25, 0.3) is 0 Å². The van der Waals surface area contributed by atoms with Crippen molar-refractivity contribution in [2.45, 2.75) is 31.6 Å². The second kappa shape index (κ2) is 10.9. The minimum absolute atomic E-state index is 0.102. The molecule has 0 bridgehead atoms. The first-order valence-corrected chi connectivity index (χ1v) is 12.7. The van der Waals surface area contributed by atoms with Gasteiger partial charge < -0.3 is 15.1 Å². The smallest absolute Gasteiger partial charge is 0.240 e. The van der Waals surface area contributed by atoms with Crippen molar-refractivity contribution < 1.29 is 13.2 Å². The second-order valence-corrected chi connectivity index (χ2v) is 10.4. The molecule has 0 unspecified atom stereocenters. The number of nitrogens with zero attached hydrogens (tertiary/aromatic N) is 2. The van der Waals surface area contributed by atoms with Crippen LogP contribution in [0.2, 0.25) is 0 Å². The van der Waals surface area contributed by atoms with Gasteiger partial charge in [0.05, 0.1) is 4.90 Å². The van der Waals surface area contributed by atoms with Crippen LogP contribution in [-0.4, -0.2) is 59.0 Å². The number of piperazine rings is 1. The van der Waals surface area contributed by atoms with Crippen molar-refractivity contribution in [2.75, 3.05) is 50.0 Å². The number of likely N-dealkylation sites (N-methyl/N-ethyl adjacent to an activating group) is 1. The van der Waals surface area contributed by atoms with E-state index in [-0.39, 0.29) is 16.7 Å². The van der Waals surface area contributed by atoms with Gasteiger partial charge in [-0.2, -0.15) is 0 Å². The van der Waals surface area contributed by atoms with Gasteiger partial charge in [-0.3, -0.25) is 4.79 Å². The van der Waals surface area contributed by atoms with Crippen molar-refractivity contribution in [3.63, 3.8) is 0 Å². The van der Waals surface area contributed by atoms with Crippen molar-refractivity contribution in [1.29, 1.82) is 0 Å². The van der Waals surface area contributed by atoms with E-state index in [2.05, 4.69) is 51.2 Å². The fourth-order valence-electron chi connectivity index (χ4n) is 3.52. The highest BCUT2D eigenvalue weighted by molar-refractivity contribution is 7.89. The average molecular weight is 459 g/mol. The first-order valence-electron chi connectivity index (χ1n) is 11.2. The number of amides is 1. The molecule has 1 aliphatic rings. The number of carbonyl (C=O) groups is 1. The number of anilines is 2. The van der Waals surface area contributed by atoms with Crippen LogP contribution >= 0.6 is 0 Å². The summed E-state index contributed by atoms with van der Waals surface area (Å²) in [5, 5.41) is 2.76. The van der Waals surface area contributed by atoms with E-state index in [4.69, 9.17) is 0 Å². The van der Waals surface area contributed by atoms with Gasteiger partial charge in [-0.1, -0.05) is 26.0 Å². The van der Waals surface area contributed by atoms with Gasteiger partial charge in [0.25, 0.3) is 0 Å². The molecule has 1 aliphatic heterocycles. The van der Waals surface area contributed by atoms with Gasteiger partial charge in [0, 0.05) is 50.0 Å². The maximum Gasteiger partial charge on any atom is 0.240 e. The van der Waals surface area contributed by atoms with Crippen LogP contribution in [0.1, 0.15) is 25.8 Å². The SMILES string of the molecule is CC(C)C(=O)Nc1ccc(S(=O)(=O)NCCCc2ccc(N3CCN(C)CC3)cc2)cc1. The highest BCUT2D eigenvalue weighted by Crippen LogP contribution is 2.18. The fourth-order valence-corrected chi connectivity index (χ4v) is 4.60. The molecule has 2 aromatic carbocycles. The molecule has 1 fully saturated rings. The molecule has 0 atom stereocenters. The van der Waals surface area contributed by atoms with Crippen molar-refractivity contribution >= 4 is 27.3 Å². The Labute approximate surface area is 191 Å². The maximum atomic E-state index is 12.5. The number of hydrogen-bond donors (Lipinski definition) is 2. The lowest BCUT2D eigenvalue weighted by Gasteiger charge is -2.34. The van der Waals surface area contributed by atoms with Gasteiger partial charge in [0.15, 0.2) is 0 Å². The first-order chi connectivity index (χ1) is 15.2. The van der Waals surface area contributed by atoms with Crippen LogP contribution in [0.4, 0.5) is 11.4 Å². The topological polar surface area (TPSA) is 81.7 Å². The molecule has 3 rings (SSSR count). The molecule has 8 heteroatoms. The molecule has 1 saturated heterocycles. The summed E-state index contributed by atoms with van der Waals surface area (Å²) >= 11 is 0. The van der Waals surface area contributed by atoms with E-state index in [1.54, 1.807) is 26.0 Å². The first kappa shape index (κ1) is 24.2. The summed E-state index contributed by atoms with van der Waals surface area (Å²) in [5.41, 5.74) is 3.03. The highest BCUT2D eigenvalue weighted by Gasteiger charge is 2.15. The molecule has 0 aromatic heterocycles. The summed E-state index contributed by atoms with van der Waals surface area (Å²) in [7, 11) is -1.43. The second-order valence-electron chi connectivity index (χ2n) is 8.63. The van der Waals surface area contributed by atoms with Gasteiger partial charge >= 0.3 is 0 Å². The zero-order chi connectivity index (χ0) is 23.1. The van der Waals surface area contributed by atoms with Crippen LogP contribution in [0.15, 0.2) is 53.4 Å². The largest absolute Gasteiger partial charge is 0.369 e. The summed E-state index contributed by atoms with van der Waals surface area (Å²) in [6.45, 7) is 8.23. The van der Waals surface area contributed by atoms with E-state index in [0.717, 1.165) is 39.0 Å². The third-order valence-corrected chi connectivity index (χ3v) is 7.17. The Morgan fingerprint density at radius 3 is 2.19 bits per heavy atom. The molecule has 174 valence electrons. The zero-order valence-electron chi connectivity index (χ0n) is 19.2. The minimum Gasteiger partial charge on any atom is -0.369 e. The standard InChI is InChI=1S/C24H34N4O3S/c1-19(2)24(29)26-21-8-12-23(13-9-21)32(30,31)25-14-4-5-20-6-10-22(11-7-20)28-17-15-27(3)16-18-28/h6-13,19,25H,4-5,14-18H2,1-3H3,(H,26,29). The Bertz CT molecular complexity index is 981. The Morgan fingerprint density at radius 2 is 1.59 bits per heavy atom. The Morgan fingerprint density at radius 1 is 0.969 bits per heavy atom. The summed E-state index contributed by atoms with van der Waals surface area (Å²) in [4.78, 5) is 16.7. The van der Waals surface area contributed by atoms with E-state index < -0.39 is 10.0 Å². The molecule has 2 N–H and O–H groups in total. The van der Waals surface area contributed by atoms with Crippen LogP contribution in [0.3, 0.4) is 0 Å². The molecule has 0 spiro atoms. The van der Waals surface area contributed by atoms with Crippen LogP contribution in [0.5, 0.6) is 0 Å². The van der Waals surface area contributed by atoms with Crippen LogP contribution in [-0.2, 0) is 21.2 Å². The lowest BCUT2D eigenvalue weighted by molar-refractivity contribution is -0.118. The lowest BCUT2D eigenvalue weighted by Crippen LogP contribution is -2.44. The van der Waals surface area contributed by atoms with Crippen molar-refractivity contribution in [2.24, 2.45) is 5.92 Å². The van der Waals surface area contributed by atoms with E-state index in [1.807, 2.05) is 0 Å². The van der Waals surface area contributed by atoms with Gasteiger partial charge in [-0.15, -0.1) is 0 Å². The number of hydrogen-bond acceptors (Lipinski definition) is 5. The molecule has 2 aromatic rings. The fraction of sp³-hybridized carbons (Fsp3) is 0.458. The number of aryl methyl sites for hydroxylation is 1. The van der Waals surface area contributed by atoms with Crippen LogP contribution < -0.4 is 14.9 Å². The summed E-state index contributed by atoms with van der Waals surface area (Å²) in [6.07, 6.45) is 1.53. The number of sulfonamides is 1. The number of rotatable bonds is 9. The average Bonchev–Trinajstić information content (AvgIpc) is 2.78. The summed E-state index contributed by atoms with van der Waals surface area (Å²) < 4.78 is 27.7. The molecule has 0 aliphatic carbocycles. The third kappa shape index (κ3) is 6.79. The number of carbonyl (C=O) groups excluding carboxylic acids is 1. The van der Waals surface area contributed by atoms with Crippen molar-refractivity contribution in [3.05, 3.63) is 54.1 Å². The van der Waals surface area contributed by atoms with Crippen molar-refractivity contribution in [1.82, 2.24) is 9.62 Å². The maximum absolute atomic E-state index is 12.5. The predicted molar refractivity (Wildman–Crippen MR) is 130 cm³/mol. The van der Waals surface area contributed by atoms with Gasteiger partial charge in [0.2, 0.25) is 15.9 Å². The van der Waals surface area contributed by atoms with Crippen LogP contribution in [0, 0.1) is 5.92 Å². The van der Waals surface area contributed by atoms with Gasteiger partial charge in [-0.25, -0.2) is 13.1 Å². The Balaban J connectivity index is 1.45. The normalized spacial score (nSPS) is 15.2. The molecule has 32 heavy (non-hydrogen) atoms. The predicted octanol–water partition coefficient (Wildman–Crippen LogP) is 2.94. The van der Waals surface area contributed by atoms with E-state index in [9.17, 15) is 13.2 Å². The lowest BCUT2D eigenvalue weighted by atomic mass is 10.1. The van der Waals surface area contributed by atoms with E-state index in [1.165, 1.54) is 23.4 Å². The summed E-state index contributed by atoms with van der Waals surface area (Å²) in [6, 6.07) is 14.8. The van der Waals surface area contributed by atoms with Crippen molar-refractivity contribution in [3.8, 4) is 0 Å². The Kier molecular flexibility index (Phi) is 8.28. The highest BCUT2D eigenvalue weighted by atomic mass is 32.2. The molecule has 0 saturated carbocycles. The molecular weight excluding hydrogens is 424 g/mol. The van der Waals surface area contributed by atoms with E-state index >= 15 is 0 Å². The Hall–Kier alpha value is -2.42. The molecule has 0 radical (unpaired) electrons. The zero-order valence-corrected chi connectivity index (χ0v) is 20.0.